The Balaban J connectivity index is 2.50. The molecule has 0 spiro atoms. The number of aliphatic carboxylic acids is 1. The molecule has 5 nitrogen and oxygen atoms in total. The zero-order valence-electron chi connectivity index (χ0n) is 9.77. The van der Waals surface area contributed by atoms with E-state index in [4.69, 9.17) is 5.11 Å². The predicted octanol–water partition coefficient (Wildman–Crippen LogP) is 1.67. The molecule has 1 aliphatic carbocycles. The van der Waals surface area contributed by atoms with Crippen LogP contribution in [0.5, 0.6) is 0 Å². The largest absolute Gasteiger partial charge is 0.478 e. The first kappa shape index (κ1) is 13.4. The van der Waals surface area contributed by atoms with Crippen molar-refractivity contribution in [2.45, 2.75) is 39.0 Å². The molecule has 0 heterocycles. The molecule has 1 fully saturated rings. The summed E-state index contributed by atoms with van der Waals surface area (Å²) >= 11 is 0. The second-order valence-corrected chi connectivity index (χ2v) is 4.21. The van der Waals surface area contributed by atoms with Crippen molar-refractivity contribution in [2.75, 3.05) is 0 Å². The molecule has 5 heteroatoms. The van der Waals surface area contributed by atoms with Crippen molar-refractivity contribution >= 4 is 17.9 Å². The Morgan fingerprint density at radius 2 is 1.76 bits per heavy atom. The summed E-state index contributed by atoms with van der Waals surface area (Å²) in [4.78, 5) is 33.3. The summed E-state index contributed by atoms with van der Waals surface area (Å²) in [5.74, 6) is -2.86. The van der Waals surface area contributed by atoms with Crippen LogP contribution in [0.4, 0.5) is 0 Å². The van der Waals surface area contributed by atoms with Crippen molar-refractivity contribution < 1.29 is 24.2 Å². The predicted molar refractivity (Wildman–Crippen MR) is 59.1 cm³/mol. The zero-order valence-corrected chi connectivity index (χ0v) is 9.77. The standard InChI is InChI=1S/C12H16O5/c1-8(7-10(13)14)11(15)17-12(16)9-5-3-2-4-6-9/h7,9H,2-6H2,1H3,(H,13,14). The van der Waals surface area contributed by atoms with Crippen molar-refractivity contribution in [2.24, 2.45) is 5.92 Å². The molecule has 0 aromatic heterocycles. The van der Waals surface area contributed by atoms with Crippen LogP contribution >= 0.6 is 0 Å². The van der Waals surface area contributed by atoms with Gasteiger partial charge in [-0.1, -0.05) is 19.3 Å². The Morgan fingerprint density at radius 3 is 2.29 bits per heavy atom. The van der Waals surface area contributed by atoms with Gasteiger partial charge in [-0.15, -0.1) is 0 Å². The second-order valence-electron chi connectivity index (χ2n) is 4.21. The molecule has 0 aliphatic heterocycles. The third-order valence-electron chi connectivity index (χ3n) is 2.79. The van der Waals surface area contributed by atoms with Crippen LogP contribution in [-0.2, 0) is 19.1 Å². The first-order chi connectivity index (χ1) is 8.00. The number of carboxylic acid groups (broad SMARTS) is 1. The highest BCUT2D eigenvalue weighted by Gasteiger charge is 2.25. The molecule has 0 unspecified atom stereocenters. The number of rotatable bonds is 3. The highest BCUT2D eigenvalue weighted by Crippen LogP contribution is 2.24. The Labute approximate surface area is 99.5 Å². The van der Waals surface area contributed by atoms with Crippen LogP contribution in [0.15, 0.2) is 11.6 Å². The third-order valence-corrected chi connectivity index (χ3v) is 2.79. The van der Waals surface area contributed by atoms with E-state index in [0.29, 0.717) is 0 Å². The lowest BCUT2D eigenvalue weighted by molar-refractivity contribution is -0.161. The van der Waals surface area contributed by atoms with Gasteiger partial charge in [-0.25, -0.2) is 9.59 Å². The molecule has 1 aliphatic rings. The van der Waals surface area contributed by atoms with Crippen LogP contribution in [0, 0.1) is 5.92 Å². The molecule has 0 atom stereocenters. The Bertz CT molecular complexity index is 350. The number of carboxylic acids is 1. The molecule has 0 saturated heterocycles. The van der Waals surface area contributed by atoms with Gasteiger partial charge >= 0.3 is 17.9 Å². The summed E-state index contributed by atoms with van der Waals surface area (Å²) in [6.45, 7) is 1.31. The summed E-state index contributed by atoms with van der Waals surface area (Å²) in [6, 6.07) is 0. The highest BCUT2D eigenvalue weighted by atomic mass is 16.6. The molecule has 17 heavy (non-hydrogen) atoms. The maximum absolute atomic E-state index is 11.6. The van der Waals surface area contributed by atoms with Gasteiger partial charge in [0.2, 0.25) is 0 Å². The lowest BCUT2D eigenvalue weighted by Crippen LogP contribution is -2.23. The van der Waals surface area contributed by atoms with E-state index in [1.807, 2.05) is 0 Å². The van der Waals surface area contributed by atoms with Gasteiger partial charge in [-0.05, 0) is 19.8 Å². The summed E-state index contributed by atoms with van der Waals surface area (Å²) < 4.78 is 4.64. The third kappa shape index (κ3) is 4.38. The van der Waals surface area contributed by atoms with Crippen molar-refractivity contribution in [3.63, 3.8) is 0 Å². The van der Waals surface area contributed by atoms with E-state index in [1.54, 1.807) is 0 Å². The minimum atomic E-state index is -1.23. The van der Waals surface area contributed by atoms with Crippen LogP contribution in [-0.4, -0.2) is 23.0 Å². The number of esters is 2. The van der Waals surface area contributed by atoms with Gasteiger partial charge in [-0.3, -0.25) is 4.79 Å². The van der Waals surface area contributed by atoms with Gasteiger partial charge in [-0.2, -0.15) is 0 Å². The van der Waals surface area contributed by atoms with Crippen molar-refractivity contribution in [1.82, 2.24) is 0 Å². The Morgan fingerprint density at radius 1 is 1.18 bits per heavy atom. The summed E-state index contributed by atoms with van der Waals surface area (Å²) in [6.07, 6.45) is 5.27. The van der Waals surface area contributed by atoms with Crippen LogP contribution in [0.25, 0.3) is 0 Å². The monoisotopic (exact) mass is 240 g/mol. The van der Waals surface area contributed by atoms with Gasteiger partial charge < -0.3 is 9.84 Å². The fourth-order valence-corrected chi connectivity index (χ4v) is 1.84. The maximum atomic E-state index is 11.6. The minimum absolute atomic E-state index is 0.0818. The topological polar surface area (TPSA) is 80.7 Å². The van der Waals surface area contributed by atoms with E-state index < -0.39 is 17.9 Å². The number of ether oxygens (including phenoxy) is 1. The molecule has 0 aromatic rings. The Kier molecular flexibility index (Phi) is 4.87. The molecule has 0 bridgehead atoms. The van der Waals surface area contributed by atoms with E-state index in [0.717, 1.165) is 38.2 Å². The van der Waals surface area contributed by atoms with Crippen molar-refractivity contribution in [3.05, 3.63) is 11.6 Å². The van der Waals surface area contributed by atoms with E-state index in [2.05, 4.69) is 4.74 Å². The van der Waals surface area contributed by atoms with Gasteiger partial charge in [0.1, 0.15) is 0 Å². The fourth-order valence-electron chi connectivity index (χ4n) is 1.84. The van der Waals surface area contributed by atoms with Crippen LogP contribution < -0.4 is 0 Å². The van der Waals surface area contributed by atoms with Crippen LogP contribution in [0.1, 0.15) is 39.0 Å². The average molecular weight is 240 g/mol. The maximum Gasteiger partial charge on any atom is 0.341 e. The SMILES string of the molecule is CC(=CC(=O)O)C(=O)OC(=O)C1CCCCC1. The first-order valence-corrected chi connectivity index (χ1v) is 5.68. The van der Waals surface area contributed by atoms with Crippen LogP contribution in [0.3, 0.4) is 0 Å². The number of hydrogen-bond acceptors (Lipinski definition) is 4. The molecule has 1 rings (SSSR count). The van der Waals surface area contributed by atoms with E-state index in [-0.39, 0.29) is 11.5 Å². The fraction of sp³-hybridized carbons (Fsp3) is 0.583. The molecule has 94 valence electrons. The number of hydrogen-bond donors (Lipinski definition) is 1. The van der Waals surface area contributed by atoms with Crippen molar-refractivity contribution in [3.8, 4) is 0 Å². The lowest BCUT2D eigenvalue weighted by Gasteiger charge is -2.19. The zero-order chi connectivity index (χ0) is 12.8. The van der Waals surface area contributed by atoms with Gasteiger partial charge in [0.05, 0.1) is 5.92 Å². The van der Waals surface area contributed by atoms with Gasteiger partial charge in [0, 0.05) is 11.6 Å². The summed E-state index contributed by atoms with van der Waals surface area (Å²) in [7, 11) is 0. The molecule has 0 amide bonds. The van der Waals surface area contributed by atoms with E-state index in [1.165, 1.54) is 6.92 Å². The second kappa shape index (κ2) is 6.18. The lowest BCUT2D eigenvalue weighted by atomic mass is 9.89. The molecular formula is C12H16O5. The number of carbonyl (C=O) groups excluding carboxylic acids is 2. The molecular weight excluding hydrogens is 224 g/mol. The molecule has 1 saturated carbocycles. The molecule has 0 aromatic carbocycles. The summed E-state index contributed by atoms with van der Waals surface area (Å²) in [5, 5.41) is 8.45. The Hall–Kier alpha value is -1.65. The van der Waals surface area contributed by atoms with Crippen molar-refractivity contribution in [1.29, 1.82) is 0 Å². The average Bonchev–Trinajstić information content (AvgIpc) is 2.29. The highest BCUT2D eigenvalue weighted by molar-refractivity contribution is 6.00. The normalized spacial score (nSPS) is 17.6. The molecule has 0 radical (unpaired) electrons. The number of carbonyl (C=O) groups is 3. The van der Waals surface area contributed by atoms with Gasteiger partial charge in [0.25, 0.3) is 0 Å². The smallest absolute Gasteiger partial charge is 0.341 e. The first-order valence-electron chi connectivity index (χ1n) is 5.68. The van der Waals surface area contributed by atoms with Crippen LogP contribution in [0.2, 0.25) is 0 Å². The summed E-state index contributed by atoms with van der Waals surface area (Å²) in [5.41, 5.74) is -0.0818. The van der Waals surface area contributed by atoms with E-state index >= 15 is 0 Å². The van der Waals surface area contributed by atoms with E-state index in [9.17, 15) is 14.4 Å². The minimum Gasteiger partial charge on any atom is -0.478 e. The quantitative estimate of drug-likeness (QED) is 0.461. The molecule has 1 N–H and O–H groups in total. The van der Waals surface area contributed by atoms with Gasteiger partial charge in [0.15, 0.2) is 0 Å².